The molecular formula is C8H7ClN2O2S. The molecule has 4 nitrogen and oxygen atoms in total. The highest BCUT2D eigenvalue weighted by Gasteiger charge is 2.12. The van der Waals surface area contributed by atoms with Crippen molar-refractivity contribution in [2.45, 2.75) is 11.3 Å². The summed E-state index contributed by atoms with van der Waals surface area (Å²) in [5.74, 6) is 0. The van der Waals surface area contributed by atoms with Crippen LogP contribution in [0.25, 0.3) is 0 Å². The van der Waals surface area contributed by atoms with Gasteiger partial charge in [-0.3, -0.25) is 0 Å². The van der Waals surface area contributed by atoms with Gasteiger partial charge in [-0.2, -0.15) is 5.26 Å². The Kier molecular flexibility index (Phi) is 3.11. The molecule has 0 bridgehead atoms. The maximum atomic E-state index is 11.0. The number of nitrogens with two attached hydrogens (primary N) is 1. The monoisotopic (exact) mass is 230 g/mol. The Labute approximate surface area is 87.0 Å². The second kappa shape index (κ2) is 3.96. The lowest BCUT2D eigenvalue weighted by atomic mass is 10.2. The van der Waals surface area contributed by atoms with Crippen LogP contribution in [0.1, 0.15) is 5.56 Å². The van der Waals surface area contributed by atoms with Crippen molar-refractivity contribution < 1.29 is 8.42 Å². The van der Waals surface area contributed by atoms with E-state index >= 15 is 0 Å². The zero-order valence-electron chi connectivity index (χ0n) is 7.07. The number of nitrogens with zero attached hydrogens (tertiary/aromatic N) is 1. The first kappa shape index (κ1) is 11.0. The third-order valence-electron chi connectivity index (χ3n) is 1.59. The van der Waals surface area contributed by atoms with Crippen molar-refractivity contribution in [3.05, 3.63) is 28.8 Å². The van der Waals surface area contributed by atoms with Crippen LogP contribution in [0, 0.1) is 11.3 Å². The molecule has 1 aromatic carbocycles. The summed E-state index contributed by atoms with van der Waals surface area (Å²) in [6, 6.07) is 6.16. The summed E-state index contributed by atoms with van der Waals surface area (Å²) in [6.07, 6.45) is 0.185. The van der Waals surface area contributed by atoms with Gasteiger partial charge in [0.2, 0.25) is 10.0 Å². The smallest absolute Gasteiger partial charge is 0.225 e. The predicted molar refractivity (Wildman–Crippen MR) is 52.1 cm³/mol. The fourth-order valence-corrected chi connectivity index (χ4v) is 2.09. The van der Waals surface area contributed by atoms with Crippen molar-refractivity contribution in [3.63, 3.8) is 0 Å². The minimum absolute atomic E-state index is 0.0419. The molecule has 1 aromatic rings. The molecule has 6 heteroatoms. The number of halogens is 1. The number of sulfonamides is 1. The Morgan fingerprint density at radius 2 is 2.14 bits per heavy atom. The molecule has 0 aliphatic rings. The third-order valence-corrected chi connectivity index (χ3v) is 2.98. The topological polar surface area (TPSA) is 83.9 Å². The van der Waals surface area contributed by atoms with Crippen LogP contribution in [-0.4, -0.2) is 8.42 Å². The maximum absolute atomic E-state index is 11.0. The maximum Gasteiger partial charge on any atom is 0.239 e. The summed E-state index contributed by atoms with van der Waals surface area (Å²) in [6.45, 7) is 0. The molecule has 0 spiro atoms. The fraction of sp³-hybridized carbons (Fsp3) is 0.125. The van der Waals surface area contributed by atoms with Crippen molar-refractivity contribution in [2.75, 3.05) is 0 Å². The van der Waals surface area contributed by atoms with Crippen LogP contribution in [0.15, 0.2) is 23.1 Å². The largest absolute Gasteiger partial charge is 0.239 e. The molecule has 0 heterocycles. The first-order chi connectivity index (χ1) is 6.45. The number of nitriles is 1. The van der Waals surface area contributed by atoms with Crippen LogP contribution in [0.2, 0.25) is 5.02 Å². The van der Waals surface area contributed by atoms with Gasteiger partial charge < -0.3 is 0 Å². The molecule has 0 saturated heterocycles. The lowest BCUT2D eigenvalue weighted by Gasteiger charge is -2.02. The fourth-order valence-electron chi connectivity index (χ4n) is 0.976. The van der Waals surface area contributed by atoms with Gasteiger partial charge in [0, 0.05) is 0 Å². The van der Waals surface area contributed by atoms with E-state index < -0.39 is 10.0 Å². The normalized spacial score (nSPS) is 10.9. The highest BCUT2D eigenvalue weighted by molar-refractivity contribution is 7.89. The number of benzene rings is 1. The van der Waals surface area contributed by atoms with Gasteiger partial charge in [-0.25, -0.2) is 13.6 Å². The van der Waals surface area contributed by atoms with Crippen LogP contribution in [0.3, 0.4) is 0 Å². The van der Waals surface area contributed by atoms with Crippen molar-refractivity contribution in [1.82, 2.24) is 0 Å². The van der Waals surface area contributed by atoms with Gasteiger partial charge >= 0.3 is 0 Å². The molecule has 0 aliphatic carbocycles. The standard InChI is InChI=1S/C8H7ClN2O2S/c9-7-5-6(3-4-10)1-2-8(7)14(11,12)13/h1-2,5H,3H2,(H2,11,12,13). The summed E-state index contributed by atoms with van der Waals surface area (Å²) in [7, 11) is -3.78. The van der Waals surface area contributed by atoms with Gasteiger partial charge in [0.05, 0.1) is 17.5 Å². The van der Waals surface area contributed by atoms with Gasteiger partial charge in [-0.15, -0.1) is 0 Å². The van der Waals surface area contributed by atoms with Crippen molar-refractivity contribution in [2.24, 2.45) is 5.14 Å². The molecule has 2 N–H and O–H groups in total. The highest BCUT2D eigenvalue weighted by atomic mass is 35.5. The van der Waals surface area contributed by atoms with Crippen LogP contribution >= 0.6 is 11.6 Å². The molecule has 0 radical (unpaired) electrons. The summed E-state index contributed by atoms with van der Waals surface area (Å²) in [5, 5.41) is 13.4. The number of hydrogen-bond acceptors (Lipinski definition) is 3. The van der Waals surface area contributed by atoms with Gasteiger partial charge in [-0.1, -0.05) is 17.7 Å². The van der Waals surface area contributed by atoms with Crippen LogP contribution in [0.5, 0.6) is 0 Å². The molecule has 14 heavy (non-hydrogen) atoms. The third kappa shape index (κ3) is 2.45. The molecule has 0 amide bonds. The van der Waals surface area contributed by atoms with Gasteiger partial charge in [0.25, 0.3) is 0 Å². The summed E-state index contributed by atoms with van der Waals surface area (Å²) < 4.78 is 21.9. The van der Waals surface area contributed by atoms with E-state index in [1.807, 2.05) is 6.07 Å². The molecule has 0 unspecified atom stereocenters. The van der Waals surface area contributed by atoms with Gasteiger partial charge in [-0.05, 0) is 17.7 Å². The molecule has 0 aliphatic heterocycles. The minimum atomic E-state index is -3.78. The summed E-state index contributed by atoms with van der Waals surface area (Å²) in [5.41, 5.74) is 0.657. The van der Waals surface area contributed by atoms with E-state index in [9.17, 15) is 8.42 Å². The second-order valence-corrected chi connectivity index (χ2v) is 4.58. The zero-order valence-corrected chi connectivity index (χ0v) is 8.64. The molecule has 0 aromatic heterocycles. The average molecular weight is 231 g/mol. The number of hydrogen-bond donors (Lipinski definition) is 1. The highest BCUT2D eigenvalue weighted by Crippen LogP contribution is 2.21. The molecule has 0 atom stereocenters. The first-order valence-corrected chi connectivity index (χ1v) is 5.56. The molecule has 0 fully saturated rings. The SMILES string of the molecule is N#CCc1ccc(S(N)(=O)=O)c(Cl)c1. The number of primary sulfonamides is 1. The quantitative estimate of drug-likeness (QED) is 0.824. The molecule has 74 valence electrons. The Bertz CT molecular complexity index is 491. The van der Waals surface area contributed by atoms with E-state index in [4.69, 9.17) is 22.0 Å². The van der Waals surface area contributed by atoms with E-state index in [-0.39, 0.29) is 16.3 Å². The van der Waals surface area contributed by atoms with Crippen LogP contribution in [-0.2, 0) is 16.4 Å². The lowest BCUT2D eigenvalue weighted by molar-refractivity contribution is 0.598. The number of rotatable bonds is 2. The first-order valence-electron chi connectivity index (χ1n) is 3.63. The summed E-state index contributed by atoms with van der Waals surface area (Å²) >= 11 is 5.68. The second-order valence-electron chi connectivity index (χ2n) is 2.64. The Morgan fingerprint density at radius 1 is 1.50 bits per heavy atom. The van der Waals surface area contributed by atoms with Crippen molar-refractivity contribution in [3.8, 4) is 6.07 Å². The molecule has 1 rings (SSSR count). The summed E-state index contributed by atoms with van der Waals surface area (Å²) in [4.78, 5) is -0.124. The van der Waals surface area contributed by atoms with Crippen LogP contribution < -0.4 is 5.14 Å². The van der Waals surface area contributed by atoms with E-state index in [2.05, 4.69) is 0 Å². The van der Waals surface area contributed by atoms with E-state index in [1.54, 1.807) is 0 Å². The van der Waals surface area contributed by atoms with Gasteiger partial charge in [0.1, 0.15) is 4.90 Å². The van der Waals surface area contributed by atoms with Crippen molar-refractivity contribution in [1.29, 1.82) is 5.26 Å². The van der Waals surface area contributed by atoms with Crippen molar-refractivity contribution >= 4 is 21.6 Å². The Balaban J connectivity index is 3.23. The van der Waals surface area contributed by atoms with E-state index in [0.717, 1.165) is 0 Å². The molecular weight excluding hydrogens is 224 g/mol. The predicted octanol–water partition coefficient (Wildman–Crippen LogP) is 1.05. The van der Waals surface area contributed by atoms with Crippen LogP contribution in [0.4, 0.5) is 0 Å². The average Bonchev–Trinajstić information content (AvgIpc) is 2.02. The zero-order chi connectivity index (χ0) is 10.8. The van der Waals surface area contributed by atoms with E-state index in [0.29, 0.717) is 5.56 Å². The molecule has 0 saturated carbocycles. The minimum Gasteiger partial charge on any atom is -0.225 e. The Hall–Kier alpha value is -1.09. The van der Waals surface area contributed by atoms with E-state index in [1.165, 1.54) is 18.2 Å². The lowest BCUT2D eigenvalue weighted by Crippen LogP contribution is -2.12. The van der Waals surface area contributed by atoms with Gasteiger partial charge in [0.15, 0.2) is 0 Å². The Morgan fingerprint density at radius 3 is 2.57 bits per heavy atom.